The minimum Gasteiger partial charge on any atom is -0.454 e. The number of hydrogen-bond acceptors (Lipinski definition) is 6. The molecule has 0 spiro atoms. The first kappa shape index (κ1) is 17.7. The highest BCUT2D eigenvalue weighted by atomic mass is 19.4. The van der Waals surface area contributed by atoms with Gasteiger partial charge in [-0.3, -0.25) is 0 Å². The van der Waals surface area contributed by atoms with Gasteiger partial charge in [0.2, 0.25) is 5.82 Å². The first-order valence-electron chi connectivity index (χ1n) is 6.24. The summed E-state index contributed by atoms with van der Waals surface area (Å²) in [7, 11) is 1.45. The highest BCUT2D eigenvalue weighted by Crippen LogP contribution is 2.27. The van der Waals surface area contributed by atoms with Crippen LogP contribution in [0.2, 0.25) is 0 Å². The fraction of sp³-hybridized carbons (Fsp3) is 0.333. The van der Waals surface area contributed by atoms with Crippen LogP contribution in [0.15, 0.2) is 18.5 Å². The molecule has 0 saturated carbocycles. The van der Waals surface area contributed by atoms with Crippen LogP contribution in [0.25, 0.3) is 11.3 Å². The van der Waals surface area contributed by atoms with Crippen LogP contribution in [0.1, 0.15) is 5.82 Å². The summed E-state index contributed by atoms with van der Waals surface area (Å²) in [5.74, 6) is -1.24. The predicted molar refractivity (Wildman–Crippen MR) is 69.2 cm³/mol. The molecule has 0 unspecified atom stereocenters. The average molecular weight is 353 g/mol. The second-order valence-corrected chi connectivity index (χ2v) is 4.37. The van der Waals surface area contributed by atoms with E-state index in [0.717, 1.165) is 12.4 Å². The lowest BCUT2D eigenvalue weighted by molar-refractivity contribution is -0.154. The second-order valence-electron chi connectivity index (χ2n) is 4.37. The molecule has 0 saturated heterocycles. The molecule has 0 radical (unpaired) electrons. The van der Waals surface area contributed by atoms with Crippen LogP contribution < -0.4 is 10.1 Å². The van der Waals surface area contributed by atoms with Crippen molar-refractivity contribution in [3.05, 3.63) is 24.3 Å². The quantitative estimate of drug-likeness (QED) is 0.852. The number of aromatic nitrogens is 4. The minimum absolute atomic E-state index is 0.000231. The zero-order valence-corrected chi connectivity index (χ0v) is 11.9. The lowest BCUT2D eigenvalue weighted by Gasteiger charge is -2.11. The number of rotatable bonds is 4. The van der Waals surface area contributed by atoms with Crippen LogP contribution in [0, 0.1) is 0 Å². The summed E-state index contributed by atoms with van der Waals surface area (Å²) >= 11 is 0. The van der Waals surface area contributed by atoms with Crippen molar-refractivity contribution in [2.45, 2.75) is 12.4 Å². The van der Waals surface area contributed by atoms with Gasteiger partial charge in [-0.2, -0.15) is 36.3 Å². The van der Waals surface area contributed by atoms with Crippen molar-refractivity contribution in [2.24, 2.45) is 0 Å². The molecule has 0 aromatic carbocycles. The minimum atomic E-state index is -4.71. The number of anilines is 1. The molecular weight excluding hydrogens is 344 g/mol. The summed E-state index contributed by atoms with van der Waals surface area (Å²) in [6, 6.07) is 0.709. The molecule has 12 heteroatoms. The topological polar surface area (TPSA) is 72.8 Å². The van der Waals surface area contributed by atoms with Crippen molar-refractivity contribution in [1.29, 1.82) is 0 Å². The molecule has 2 aromatic rings. The third kappa shape index (κ3) is 4.67. The Labute approximate surface area is 130 Å². The molecular formula is C12H9F6N5O. The van der Waals surface area contributed by atoms with Gasteiger partial charge in [0.05, 0.1) is 5.69 Å². The van der Waals surface area contributed by atoms with E-state index in [4.69, 9.17) is 0 Å². The summed E-state index contributed by atoms with van der Waals surface area (Å²) in [4.78, 5) is 13.7. The van der Waals surface area contributed by atoms with E-state index >= 15 is 0 Å². The number of hydrogen-bond donors (Lipinski definition) is 1. The molecule has 130 valence electrons. The van der Waals surface area contributed by atoms with Gasteiger partial charge in [0, 0.05) is 31.1 Å². The van der Waals surface area contributed by atoms with Gasteiger partial charge in [-0.25, -0.2) is 9.97 Å². The SMILES string of the molecule is CNc1cc(-c2cnc(C(F)(F)F)nc2)nc(OCC(F)(F)F)n1. The molecule has 0 aliphatic carbocycles. The van der Waals surface area contributed by atoms with Crippen LogP contribution in [0.3, 0.4) is 0 Å². The lowest BCUT2D eigenvalue weighted by atomic mass is 10.2. The summed E-state index contributed by atoms with van der Waals surface area (Å²) in [5, 5.41) is 2.58. The van der Waals surface area contributed by atoms with E-state index in [1.54, 1.807) is 0 Å². The van der Waals surface area contributed by atoms with Crippen molar-refractivity contribution in [3.63, 3.8) is 0 Å². The van der Waals surface area contributed by atoms with E-state index in [-0.39, 0.29) is 17.1 Å². The van der Waals surface area contributed by atoms with Crippen molar-refractivity contribution < 1.29 is 31.1 Å². The van der Waals surface area contributed by atoms with Crippen LogP contribution in [-0.4, -0.2) is 39.8 Å². The monoisotopic (exact) mass is 353 g/mol. The highest BCUT2D eigenvalue weighted by molar-refractivity contribution is 5.61. The van der Waals surface area contributed by atoms with Gasteiger partial charge in [-0.05, 0) is 0 Å². The van der Waals surface area contributed by atoms with E-state index in [1.165, 1.54) is 13.1 Å². The largest absolute Gasteiger partial charge is 0.454 e. The molecule has 2 aromatic heterocycles. The van der Waals surface area contributed by atoms with E-state index in [9.17, 15) is 26.3 Å². The summed E-state index contributed by atoms with van der Waals surface area (Å²) in [5.41, 5.74) is 0.0546. The normalized spacial score (nSPS) is 12.1. The maximum absolute atomic E-state index is 12.4. The van der Waals surface area contributed by atoms with Crippen LogP contribution in [0.5, 0.6) is 6.01 Å². The molecule has 0 bridgehead atoms. The van der Waals surface area contributed by atoms with Gasteiger partial charge in [0.15, 0.2) is 6.61 Å². The molecule has 0 atom stereocenters. The molecule has 0 amide bonds. The number of alkyl halides is 6. The Morgan fingerprint density at radius 1 is 1.04 bits per heavy atom. The van der Waals surface area contributed by atoms with Crippen molar-refractivity contribution >= 4 is 5.82 Å². The van der Waals surface area contributed by atoms with E-state index < -0.39 is 30.8 Å². The van der Waals surface area contributed by atoms with Crippen LogP contribution in [0.4, 0.5) is 32.2 Å². The number of nitrogens with one attached hydrogen (secondary N) is 1. The molecule has 0 aliphatic heterocycles. The van der Waals surface area contributed by atoms with Crippen molar-refractivity contribution in [1.82, 2.24) is 19.9 Å². The van der Waals surface area contributed by atoms with Crippen LogP contribution >= 0.6 is 0 Å². The van der Waals surface area contributed by atoms with Gasteiger partial charge >= 0.3 is 18.4 Å². The Kier molecular flexibility index (Phi) is 4.76. The summed E-state index contributed by atoms with van der Waals surface area (Å²) in [6.45, 7) is -1.61. The highest BCUT2D eigenvalue weighted by Gasteiger charge is 2.34. The molecule has 0 fully saturated rings. The number of nitrogens with zero attached hydrogens (tertiary/aromatic N) is 4. The van der Waals surface area contributed by atoms with E-state index in [2.05, 4.69) is 30.0 Å². The average Bonchev–Trinajstić information content (AvgIpc) is 2.51. The molecule has 2 rings (SSSR count). The Morgan fingerprint density at radius 2 is 1.67 bits per heavy atom. The predicted octanol–water partition coefficient (Wildman–Crippen LogP) is 2.94. The molecule has 24 heavy (non-hydrogen) atoms. The van der Waals surface area contributed by atoms with Gasteiger partial charge < -0.3 is 10.1 Å². The third-order valence-electron chi connectivity index (χ3n) is 2.53. The Hall–Kier alpha value is -2.66. The van der Waals surface area contributed by atoms with Crippen molar-refractivity contribution in [2.75, 3.05) is 19.0 Å². The lowest BCUT2D eigenvalue weighted by Crippen LogP contribution is -2.20. The fourth-order valence-electron chi connectivity index (χ4n) is 1.52. The molecule has 1 N–H and O–H groups in total. The zero-order valence-electron chi connectivity index (χ0n) is 11.9. The summed E-state index contributed by atoms with van der Waals surface area (Å²) in [6.07, 6.45) is -7.59. The van der Waals surface area contributed by atoms with E-state index in [0.29, 0.717) is 0 Å². The van der Waals surface area contributed by atoms with E-state index in [1.807, 2.05) is 0 Å². The summed E-state index contributed by atoms with van der Waals surface area (Å²) < 4.78 is 78.3. The molecule has 0 aliphatic rings. The van der Waals surface area contributed by atoms with Crippen molar-refractivity contribution in [3.8, 4) is 17.3 Å². The molecule has 2 heterocycles. The number of halogens is 6. The Balaban J connectivity index is 2.32. The Bertz CT molecular complexity index is 701. The smallest absolute Gasteiger partial charge is 0.451 e. The van der Waals surface area contributed by atoms with Gasteiger partial charge in [-0.1, -0.05) is 0 Å². The number of ether oxygens (including phenoxy) is 1. The van der Waals surface area contributed by atoms with Crippen LogP contribution in [-0.2, 0) is 6.18 Å². The second kappa shape index (κ2) is 6.45. The third-order valence-corrected chi connectivity index (χ3v) is 2.53. The molecule has 6 nitrogen and oxygen atoms in total. The Morgan fingerprint density at radius 3 is 2.17 bits per heavy atom. The first-order valence-corrected chi connectivity index (χ1v) is 6.24. The van der Waals surface area contributed by atoms with Gasteiger partial charge in [-0.15, -0.1) is 0 Å². The first-order chi connectivity index (χ1) is 11.1. The maximum atomic E-state index is 12.4. The standard InChI is InChI=1S/C12H9F6N5O/c1-19-8-2-7(22-10(23-8)24-5-11(13,14)15)6-3-20-9(21-4-6)12(16,17)18/h2-4H,5H2,1H3,(H,19,22,23). The van der Waals surface area contributed by atoms with Gasteiger partial charge in [0.25, 0.3) is 0 Å². The zero-order chi connectivity index (χ0) is 18.0. The van der Waals surface area contributed by atoms with Gasteiger partial charge in [0.1, 0.15) is 5.82 Å². The fourth-order valence-corrected chi connectivity index (χ4v) is 1.52. The maximum Gasteiger partial charge on any atom is 0.451 e.